The maximum atomic E-state index is 3.74. The minimum absolute atomic E-state index is 0.274. The van der Waals surface area contributed by atoms with Crippen LogP contribution in [0.15, 0.2) is 11.8 Å². The van der Waals surface area contributed by atoms with Crippen LogP contribution in [-0.4, -0.2) is 3.55 Å². The van der Waals surface area contributed by atoms with Crippen LogP contribution in [0.3, 0.4) is 0 Å². The highest BCUT2D eigenvalue weighted by atomic mass is 127. The minimum Gasteiger partial charge on any atom is -0.375 e. The van der Waals surface area contributed by atoms with Crippen LogP contribution in [0.1, 0.15) is 79.1 Å². The van der Waals surface area contributed by atoms with Crippen LogP contribution in [0.4, 0.5) is 0 Å². The van der Waals surface area contributed by atoms with Crippen LogP contribution in [0.25, 0.3) is 0 Å². The summed E-state index contributed by atoms with van der Waals surface area (Å²) in [5, 5.41) is 3.74. The van der Waals surface area contributed by atoms with E-state index < -0.39 is 0 Å². The van der Waals surface area contributed by atoms with Crippen molar-refractivity contribution in [2.45, 2.75) is 82.6 Å². The summed E-state index contributed by atoms with van der Waals surface area (Å²) in [5.74, 6) is 0. The molecule has 0 amide bonds. The van der Waals surface area contributed by atoms with Gasteiger partial charge in [-0.3, -0.25) is 0 Å². The van der Waals surface area contributed by atoms with E-state index in [1.807, 2.05) is 0 Å². The first-order valence-electron chi connectivity index (χ1n) is 7.21. The Morgan fingerprint density at radius 2 is 1.76 bits per heavy atom. The monoisotopic (exact) mass is 351 g/mol. The smallest absolute Gasteiger partial charge is 0.0888 e. The van der Waals surface area contributed by atoms with Gasteiger partial charge in [-0.2, -0.15) is 0 Å². The molecule has 0 aromatic heterocycles. The van der Waals surface area contributed by atoms with E-state index >= 15 is 0 Å². The van der Waals surface area contributed by atoms with Crippen LogP contribution >= 0.6 is 22.6 Å². The molecule has 0 heterocycles. The molecule has 0 aliphatic heterocycles. The molecule has 0 aliphatic carbocycles. The highest BCUT2D eigenvalue weighted by Gasteiger charge is 2.24. The highest BCUT2D eigenvalue weighted by Crippen LogP contribution is 2.29. The minimum atomic E-state index is 0.274. The van der Waals surface area contributed by atoms with Gasteiger partial charge in [0.2, 0.25) is 0 Å². The molecule has 2 heteroatoms. The van der Waals surface area contributed by atoms with Gasteiger partial charge < -0.3 is 5.32 Å². The van der Waals surface area contributed by atoms with Crippen molar-refractivity contribution in [1.29, 1.82) is 0 Å². The van der Waals surface area contributed by atoms with Gasteiger partial charge in [0.05, 0.1) is 3.55 Å². The molecule has 1 atom stereocenters. The molecular formula is C15H30IN. The zero-order valence-corrected chi connectivity index (χ0v) is 14.3. The number of hydrogen-bond acceptors (Lipinski definition) is 1. The number of nitrogens with one attached hydrogen (secondary N) is 1. The zero-order chi connectivity index (χ0) is 13.1. The Bertz CT molecular complexity index is 213. The summed E-state index contributed by atoms with van der Waals surface area (Å²) in [6.07, 6.45) is 12.6. The van der Waals surface area contributed by atoms with Crippen molar-refractivity contribution in [3.63, 3.8) is 0 Å². The van der Waals surface area contributed by atoms with Crippen molar-refractivity contribution in [3.05, 3.63) is 11.8 Å². The SMILES string of the molecule is CCCC=C(C)N[C@](I)(CCC)CCCCC. The van der Waals surface area contributed by atoms with Gasteiger partial charge in [0.25, 0.3) is 0 Å². The molecule has 0 bridgehead atoms. The van der Waals surface area contributed by atoms with Gasteiger partial charge in [-0.25, -0.2) is 0 Å². The lowest BCUT2D eigenvalue weighted by Gasteiger charge is -2.30. The Labute approximate surface area is 122 Å². The van der Waals surface area contributed by atoms with E-state index in [9.17, 15) is 0 Å². The predicted molar refractivity (Wildman–Crippen MR) is 87.6 cm³/mol. The van der Waals surface area contributed by atoms with E-state index in [-0.39, 0.29) is 3.55 Å². The second-order valence-corrected chi connectivity index (χ2v) is 7.04. The molecule has 0 radical (unpaired) electrons. The quantitative estimate of drug-likeness (QED) is 0.227. The maximum Gasteiger partial charge on any atom is 0.0888 e. The van der Waals surface area contributed by atoms with E-state index in [0.29, 0.717) is 0 Å². The van der Waals surface area contributed by atoms with Crippen molar-refractivity contribution in [2.24, 2.45) is 0 Å². The first kappa shape index (κ1) is 17.3. The normalized spacial score (nSPS) is 15.7. The molecule has 0 unspecified atom stereocenters. The number of halogens is 1. The van der Waals surface area contributed by atoms with Gasteiger partial charge in [-0.1, -0.05) is 81.5 Å². The van der Waals surface area contributed by atoms with Crippen molar-refractivity contribution in [2.75, 3.05) is 0 Å². The highest BCUT2D eigenvalue weighted by molar-refractivity contribution is 14.1. The van der Waals surface area contributed by atoms with Gasteiger partial charge in [-0.05, 0) is 26.2 Å². The molecule has 0 fully saturated rings. The van der Waals surface area contributed by atoms with Gasteiger partial charge in [0, 0.05) is 5.70 Å². The molecule has 1 nitrogen and oxygen atoms in total. The number of allylic oxidation sites excluding steroid dienone is 2. The third-order valence-electron chi connectivity index (χ3n) is 2.98. The Balaban J connectivity index is 4.27. The van der Waals surface area contributed by atoms with Crippen LogP contribution in [-0.2, 0) is 0 Å². The fraction of sp³-hybridized carbons (Fsp3) is 0.867. The Hall–Kier alpha value is 0.270. The summed E-state index contributed by atoms with van der Waals surface area (Å²) >= 11 is 2.63. The van der Waals surface area contributed by atoms with Crippen LogP contribution in [0.5, 0.6) is 0 Å². The van der Waals surface area contributed by atoms with Crippen LogP contribution in [0, 0.1) is 0 Å². The van der Waals surface area contributed by atoms with Crippen molar-refractivity contribution >= 4 is 22.6 Å². The van der Waals surface area contributed by atoms with E-state index in [4.69, 9.17) is 0 Å². The number of rotatable bonds is 10. The van der Waals surface area contributed by atoms with E-state index in [1.54, 1.807) is 0 Å². The average Bonchev–Trinajstić information content (AvgIpc) is 2.27. The third kappa shape index (κ3) is 8.92. The Morgan fingerprint density at radius 1 is 1.06 bits per heavy atom. The van der Waals surface area contributed by atoms with Crippen molar-refractivity contribution in [1.82, 2.24) is 5.32 Å². The third-order valence-corrected chi connectivity index (χ3v) is 4.33. The molecule has 0 aliphatic rings. The van der Waals surface area contributed by atoms with E-state index in [0.717, 1.165) is 0 Å². The van der Waals surface area contributed by atoms with E-state index in [1.165, 1.54) is 57.1 Å². The Kier molecular flexibility index (Phi) is 10.4. The van der Waals surface area contributed by atoms with Crippen LogP contribution in [0.2, 0.25) is 0 Å². The van der Waals surface area contributed by atoms with Gasteiger partial charge >= 0.3 is 0 Å². The molecule has 102 valence electrons. The lowest BCUT2D eigenvalue weighted by atomic mass is 10.0. The fourth-order valence-electron chi connectivity index (χ4n) is 2.07. The van der Waals surface area contributed by atoms with Crippen LogP contribution < -0.4 is 5.32 Å². The molecule has 0 spiro atoms. The summed E-state index contributed by atoms with van der Waals surface area (Å²) in [7, 11) is 0. The summed E-state index contributed by atoms with van der Waals surface area (Å²) in [6.45, 7) is 8.99. The maximum absolute atomic E-state index is 3.74. The Morgan fingerprint density at radius 3 is 2.29 bits per heavy atom. The molecule has 17 heavy (non-hydrogen) atoms. The largest absolute Gasteiger partial charge is 0.375 e. The molecule has 0 saturated heterocycles. The second kappa shape index (κ2) is 10.2. The topological polar surface area (TPSA) is 12.0 Å². The summed E-state index contributed by atoms with van der Waals surface area (Å²) in [5.41, 5.74) is 1.35. The molecule has 0 saturated carbocycles. The molecule has 0 rings (SSSR count). The summed E-state index contributed by atoms with van der Waals surface area (Å²) < 4.78 is 0.274. The first-order valence-corrected chi connectivity index (χ1v) is 8.29. The number of hydrogen-bond donors (Lipinski definition) is 1. The molecule has 1 N–H and O–H groups in total. The van der Waals surface area contributed by atoms with Gasteiger partial charge in [0.1, 0.15) is 0 Å². The second-order valence-electron chi connectivity index (χ2n) is 4.97. The number of unbranched alkanes of at least 4 members (excludes halogenated alkanes) is 3. The zero-order valence-electron chi connectivity index (χ0n) is 12.1. The van der Waals surface area contributed by atoms with E-state index in [2.05, 4.69) is 61.7 Å². The molecule has 0 aromatic carbocycles. The van der Waals surface area contributed by atoms with Crippen molar-refractivity contribution in [3.8, 4) is 0 Å². The average molecular weight is 351 g/mol. The standard InChI is InChI=1S/C15H30IN/c1-5-8-10-13-15(16,12-7-3)17-14(4)11-9-6-2/h11,17H,5-10,12-13H2,1-4H3/t15-/m1/s1. The number of alkyl halides is 1. The molecule has 0 aromatic rings. The van der Waals surface area contributed by atoms with Gasteiger partial charge in [-0.15, -0.1) is 0 Å². The summed E-state index contributed by atoms with van der Waals surface area (Å²) in [4.78, 5) is 0. The van der Waals surface area contributed by atoms with Gasteiger partial charge in [0.15, 0.2) is 0 Å². The predicted octanol–water partition coefficient (Wildman–Crippen LogP) is 5.79. The van der Waals surface area contributed by atoms with Crippen molar-refractivity contribution < 1.29 is 0 Å². The fourth-order valence-corrected chi connectivity index (χ4v) is 3.41. The first-order chi connectivity index (χ1) is 8.08. The lowest BCUT2D eigenvalue weighted by molar-refractivity contribution is 0.442. The lowest BCUT2D eigenvalue weighted by Crippen LogP contribution is -2.37. The summed E-state index contributed by atoms with van der Waals surface area (Å²) in [6, 6.07) is 0. The molecular weight excluding hydrogens is 321 g/mol.